The fraction of sp³-hybridized carbons (Fsp3) is 0.500. The predicted molar refractivity (Wildman–Crippen MR) is 87.1 cm³/mol. The number of carbonyl (C=O) groups is 1. The van der Waals surface area contributed by atoms with Gasteiger partial charge in [-0.3, -0.25) is 4.79 Å². The topological polar surface area (TPSA) is 67.8 Å². The van der Waals surface area contributed by atoms with E-state index in [9.17, 15) is 18.0 Å². The van der Waals surface area contributed by atoms with Crippen LogP contribution >= 0.6 is 11.3 Å². The number of thiazole rings is 1. The highest BCUT2D eigenvalue weighted by molar-refractivity contribution is 7.17. The SMILES string of the molecule is Cc1nc(-c2ncccn2)sc1C(=O)N[C@@H]1CCCC[C@@H]1C(F)(F)F. The van der Waals surface area contributed by atoms with Crippen molar-refractivity contribution in [2.45, 2.75) is 44.8 Å². The van der Waals surface area contributed by atoms with Gasteiger partial charge in [-0.25, -0.2) is 15.0 Å². The zero-order chi connectivity index (χ0) is 18.0. The molecule has 1 N–H and O–H groups in total. The van der Waals surface area contributed by atoms with E-state index >= 15 is 0 Å². The van der Waals surface area contributed by atoms with Gasteiger partial charge in [0.1, 0.15) is 4.88 Å². The van der Waals surface area contributed by atoms with Gasteiger partial charge in [0.2, 0.25) is 0 Å². The van der Waals surface area contributed by atoms with Gasteiger partial charge in [-0.15, -0.1) is 11.3 Å². The van der Waals surface area contributed by atoms with Gasteiger partial charge in [-0.1, -0.05) is 12.8 Å². The maximum Gasteiger partial charge on any atom is 0.393 e. The number of nitrogens with one attached hydrogen (secondary N) is 1. The summed E-state index contributed by atoms with van der Waals surface area (Å²) in [6, 6.07) is 0.775. The van der Waals surface area contributed by atoms with Gasteiger partial charge in [-0.05, 0) is 25.8 Å². The van der Waals surface area contributed by atoms with Gasteiger partial charge in [0.05, 0.1) is 11.6 Å². The average molecular weight is 370 g/mol. The molecule has 0 aromatic carbocycles. The number of carbonyl (C=O) groups excluding carboxylic acids is 1. The second kappa shape index (κ2) is 7.07. The Kier molecular flexibility index (Phi) is 5.03. The number of amides is 1. The van der Waals surface area contributed by atoms with Gasteiger partial charge in [0.15, 0.2) is 10.8 Å². The highest BCUT2D eigenvalue weighted by Gasteiger charge is 2.46. The first-order valence-corrected chi connectivity index (χ1v) is 8.80. The molecule has 1 amide bonds. The van der Waals surface area contributed by atoms with Crippen LogP contribution in [0.3, 0.4) is 0 Å². The van der Waals surface area contributed by atoms with E-state index in [1.807, 2.05) is 0 Å². The number of hydrogen-bond donors (Lipinski definition) is 1. The molecular formula is C16H17F3N4OS. The van der Waals surface area contributed by atoms with Crippen LogP contribution in [0.4, 0.5) is 13.2 Å². The van der Waals surface area contributed by atoms with Gasteiger partial charge in [-0.2, -0.15) is 13.2 Å². The van der Waals surface area contributed by atoms with Crippen molar-refractivity contribution in [3.05, 3.63) is 29.0 Å². The Hall–Kier alpha value is -2.03. The fourth-order valence-corrected chi connectivity index (χ4v) is 3.96. The smallest absolute Gasteiger partial charge is 0.348 e. The first kappa shape index (κ1) is 17.8. The van der Waals surface area contributed by atoms with Crippen LogP contribution < -0.4 is 5.32 Å². The molecular weight excluding hydrogens is 353 g/mol. The molecule has 1 fully saturated rings. The van der Waals surface area contributed by atoms with E-state index in [1.54, 1.807) is 25.4 Å². The number of aromatic nitrogens is 3. The van der Waals surface area contributed by atoms with Gasteiger partial charge in [0.25, 0.3) is 5.91 Å². The molecule has 25 heavy (non-hydrogen) atoms. The number of hydrogen-bond acceptors (Lipinski definition) is 5. The summed E-state index contributed by atoms with van der Waals surface area (Å²) in [6.45, 7) is 1.65. The number of aryl methyl sites for hydroxylation is 1. The summed E-state index contributed by atoms with van der Waals surface area (Å²) in [4.78, 5) is 25.2. The van der Waals surface area contributed by atoms with E-state index in [-0.39, 0.29) is 6.42 Å². The van der Waals surface area contributed by atoms with Crippen molar-refractivity contribution >= 4 is 17.2 Å². The lowest BCUT2D eigenvalue weighted by atomic mass is 9.84. The quantitative estimate of drug-likeness (QED) is 0.893. The van der Waals surface area contributed by atoms with Gasteiger partial charge < -0.3 is 5.32 Å². The van der Waals surface area contributed by atoms with Crippen LogP contribution in [0, 0.1) is 12.8 Å². The van der Waals surface area contributed by atoms with Gasteiger partial charge >= 0.3 is 6.18 Å². The Balaban J connectivity index is 1.78. The summed E-state index contributed by atoms with van der Waals surface area (Å²) >= 11 is 1.09. The van der Waals surface area contributed by atoms with E-state index in [4.69, 9.17) is 0 Å². The lowest BCUT2D eigenvalue weighted by Gasteiger charge is -2.33. The molecule has 9 heteroatoms. The molecule has 2 aromatic rings. The zero-order valence-corrected chi connectivity index (χ0v) is 14.3. The third kappa shape index (κ3) is 3.97. The van der Waals surface area contributed by atoms with E-state index in [0.29, 0.717) is 40.7 Å². The highest BCUT2D eigenvalue weighted by Crippen LogP contribution is 2.38. The maximum absolute atomic E-state index is 13.2. The van der Waals surface area contributed by atoms with E-state index in [0.717, 1.165) is 11.3 Å². The maximum atomic E-state index is 13.2. The molecule has 0 spiro atoms. The van der Waals surface area contributed by atoms with Crippen molar-refractivity contribution in [3.63, 3.8) is 0 Å². The first-order valence-electron chi connectivity index (χ1n) is 7.98. The Morgan fingerprint density at radius 2 is 1.92 bits per heavy atom. The average Bonchev–Trinajstić information content (AvgIpc) is 2.97. The van der Waals surface area contributed by atoms with Crippen molar-refractivity contribution in [2.24, 2.45) is 5.92 Å². The van der Waals surface area contributed by atoms with Crippen molar-refractivity contribution in [2.75, 3.05) is 0 Å². The number of alkyl halides is 3. The minimum atomic E-state index is -4.30. The normalized spacial score (nSPS) is 21.1. The number of halogens is 3. The lowest BCUT2D eigenvalue weighted by molar-refractivity contribution is -0.187. The minimum absolute atomic E-state index is 0.0548. The second-order valence-electron chi connectivity index (χ2n) is 6.02. The summed E-state index contributed by atoms with van der Waals surface area (Å²) in [5, 5.41) is 3.04. The largest absolute Gasteiger partial charge is 0.393 e. The van der Waals surface area contributed by atoms with Gasteiger partial charge in [0, 0.05) is 18.4 Å². The molecule has 0 bridgehead atoms. The highest BCUT2D eigenvalue weighted by atomic mass is 32.1. The van der Waals surface area contributed by atoms with Crippen LogP contribution in [0.1, 0.15) is 41.0 Å². The minimum Gasteiger partial charge on any atom is -0.348 e. The monoisotopic (exact) mass is 370 g/mol. The van der Waals surface area contributed by atoms with Crippen LogP contribution in [0.15, 0.2) is 18.5 Å². The zero-order valence-electron chi connectivity index (χ0n) is 13.5. The van der Waals surface area contributed by atoms with Crippen LogP contribution in [-0.2, 0) is 0 Å². The fourth-order valence-electron chi connectivity index (χ4n) is 3.04. The molecule has 134 valence electrons. The Morgan fingerprint density at radius 3 is 2.60 bits per heavy atom. The van der Waals surface area contributed by atoms with E-state index in [2.05, 4.69) is 20.3 Å². The molecule has 1 aliphatic rings. The number of rotatable bonds is 3. The first-order chi connectivity index (χ1) is 11.9. The number of nitrogens with zero attached hydrogens (tertiary/aromatic N) is 3. The van der Waals surface area contributed by atoms with Crippen molar-refractivity contribution in [1.82, 2.24) is 20.3 Å². The summed E-state index contributed by atoms with van der Waals surface area (Å²) in [5.74, 6) is -1.62. The molecule has 0 aliphatic heterocycles. The Labute approximate surface area is 146 Å². The molecule has 5 nitrogen and oxygen atoms in total. The van der Waals surface area contributed by atoms with Crippen LogP contribution in [-0.4, -0.2) is 33.1 Å². The van der Waals surface area contributed by atoms with Crippen LogP contribution in [0.5, 0.6) is 0 Å². The Bertz CT molecular complexity index is 748. The predicted octanol–water partition coefficient (Wildman–Crippen LogP) is 3.76. The summed E-state index contributed by atoms with van der Waals surface area (Å²) < 4.78 is 39.5. The molecule has 1 aliphatic carbocycles. The third-order valence-electron chi connectivity index (χ3n) is 4.26. The van der Waals surface area contributed by atoms with Crippen LogP contribution in [0.25, 0.3) is 10.8 Å². The lowest BCUT2D eigenvalue weighted by Crippen LogP contribution is -2.47. The molecule has 2 heterocycles. The third-order valence-corrected chi connectivity index (χ3v) is 5.41. The van der Waals surface area contributed by atoms with Crippen LogP contribution in [0.2, 0.25) is 0 Å². The second-order valence-corrected chi connectivity index (χ2v) is 7.02. The molecule has 3 rings (SSSR count). The molecule has 2 aromatic heterocycles. The molecule has 0 unspecified atom stereocenters. The van der Waals surface area contributed by atoms with Crippen molar-refractivity contribution < 1.29 is 18.0 Å². The van der Waals surface area contributed by atoms with Crippen molar-refractivity contribution in [1.29, 1.82) is 0 Å². The van der Waals surface area contributed by atoms with E-state index < -0.39 is 24.0 Å². The summed E-state index contributed by atoms with van der Waals surface area (Å²) in [7, 11) is 0. The molecule has 0 saturated heterocycles. The Morgan fingerprint density at radius 1 is 1.24 bits per heavy atom. The molecule has 1 saturated carbocycles. The molecule has 0 radical (unpaired) electrons. The van der Waals surface area contributed by atoms with Crippen molar-refractivity contribution in [3.8, 4) is 10.8 Å². The molecule has 2 atom stereocenters. The standard InChI is InChI=1S/C16H17F3N4OS/c1-9-12(25-15(22-9)13-20-7-4-8-21-13)14(24)23-11-6-3-2-5-10(11)16(17,18)19/h4,7-8,10-11H,2-3,5-6H2,1H3,(H,23,24)/t10-,11+/m0/s1. The summed E-state index contributed by atoms with van der Waals surface area (Å²) in [6.07, 6.45) is 0.434. The summed E-state index contributed by atoms with van der Waals surface area (Å²) in [5.41, 5.74) is 0.462. The van der Waals surface area contributed by atoms with E-state index in [1.165, 1.54) is 0 Å².